The normalized spacial score (nSPS) is 11.8. The third-order valence-corrected chi connectivity index (χ3v) is 8.78. The van der Waals surface area contributed by atoms with Crippen molar-refractivity contribution in [1.29, 1.82) is 0 Å². The van der Waals surface area contributed by atoms with Crippen LogP contribution in [0, 0.1) is 6.92 Å². The predicted molar refractivity (Wildman–Crippen MR) is 126 cm³/mol. The Morgan fingerprint density at radius 3 is 1.18 bits per heavy atom. The Morgan fingerprint density at radius 1 is 0.515 bits per heavy atom. The molecule has 0 aliphatic rings. The summed E-state index contributed by atoms with van der Waals surface area (Å²) in [4.78, 5) is 0.644. The van der Waals surface area contributed by atoms with Gasteiger partial charge in [-0.05, 0) is 91.9 Å². The summed E-state index contributed by atoms with van der Waals surface area (Å²) < 4.78 is 56.8. The zero-order chi connectivity index (χ0) is 23.6. The summed E-state index contributed by atoms with van der Waals surface area (Å²) in [5, 5.41) is 0.454. The summed E-state index contributed by atoms with van der Waals surface area (Å²) in [7, 11) is -7.30. The van der Waals surface area contributed by atoms with E-state index in [0.717, 1.165) is 5.56 Å². The summed E-state index contributed by atoms with van der Waals surface area (Å²) in [6.45, 7) is 1.89. The Balaban J connectivity index is 1.51. The van der Waals surface area contributed by atoms with E-state index in [-0.39, 0.29) is 19.6 Å². The number of hydrogen-bond acceptors (Lipinski definition) is 5. The Kier molecular flexibility index (Phi) is 6.30. The van der Waals surface area contributed by atoms with Crippen molar-refractivity contribution < 1.29 is 21.6 Å². The first kappa shape index (κ1) is 23.0. The molecule has 0 aliphatic carbocycles. The fraction of sp³-hybridized carbons (Fsp3) is 0.0400. The highest BCUT2D eigenvalue weighted by molar-refractivity contribution is 7.91. The largest absolute Gasteiger partial charge is 0.457 e. The number of rotatable bonds is 6. The number of benzene rings is 4. The molecule has 0 heterocycles. The van der Waals surface area contributed by atoms with E-state index in [1.807, 2.05) is 6.92 Å². The molecule has 0 radical (unpaired) electrons. The van der Waals surface area contributed by atoms with E-state index in [0.29, 0.717) is 16.5 Å². The third-order valence-electron chi connectivity index (χ3n) is 4.96. The number of ether oxygens (including phenoxy) is 1. The second kappa shape index (κ2) is 9.02. The molecular weight excluding hydrogens is 480 g/mol. The lowest BCUT2D eigenvalue weighted by molar-refractivity contribution is 0.481. The highest BCUT2D eigenvalue weighted by atomic mass is 35.5. The zero-order valence-electron chi connectivity index (χ0n) is 17.5. The van der Waals surface area contributed by atoms with Gasteiger partial charge >= 0.3 is 0 Å². The van der Waals surface area contributed by atoms with Gasteiger partial charge in [-0.25, -0.2) is 16.8 Å². The van der Waals surface area contributed by atoms with Crippen LogP contribution in [-0.2, 0) is 19.7 Å². The van der Waals surface area contributed by atoms with Crippen LogP contribution < -0.4 is 4.74 Å². The first-order chi connectivity index (χ1) is 15.7. The SMILES string of the molecule is Cc1ccc(S(=O)(=O)c2ccc(Oc3ccc(S(=O)(=O)c4ccc(Cl)cc4)cc3)cc2)cc1. The van der Waals surface area contributed by atoms with E-state index >= 15 is 0 Å². The maximum absolute atomic E-state index is 12.8. The molecule has 4 aromatic carbocycles. The van der Waals surface area contributed by atoms with Gasteiger partial charge in [0.05, 0.1) is 19.6 Å². The second-order valence-corrected chi connectivity index (χ2v) is 11.7. The van der Waals surface area contributed by atoms with E-state index in [4.69, 9.17) is 16.3 Å². The van der Waals surface area contributed by atoms with Crippen molar-refractivity contribution in [3.8, 4) is 11.5 Å². The minimum atomic E-state index is -3.68. The van der Waals surface area contributed by atoms with E-state index in [1.165, 1.54) is 48.5 Å². The van der Waals surface area contributed by atoms with Crippen LogP contribution in [0.15, 0.2) is 117 Å². The second-order valence-electron chi connectivity index (χ2n) is 7.32. The quantitative estimate of drug-likeness (QED) is 0.320. The van der Waals surface area contributed by atoms with Crippen LogP contribution in [0.4, 0.5) is 0 Å². The average molecular weight is 499 g/mol. The lowest BCUT2D eigenvalue weighted by Gasteiger charge is -2.09. The van der Waals surface area contributed by atoms with Crippen LogP contribution in [-0.4, -0.2) is 16.8 Å². The summed E-state index contributed by atoms with van der Waals surface area (Å²) >= 11 is 5.83. The number of halogens is 1. The van der Waals surface area contributed by atoms with E-state index in [9.17, 15) is 16.8 Å². The monoisotopic (exact) mass is 498 g/mol. The average Bonchev–Trinajstić information content (AvgIpc) is 2.80. The molecule has 5 nitrogen and oxygen atoms in total. The third kappa shape index (κ3) is 4.95. The highest BCUT2D eigenvalue weighted by Crippen LogP contribution is 2.28. The lowest BCUT2D eigenvalue weighted by atomic mass is 10.2. The molecule has 0 saturated carbocycles. The number of aryl methyl sites for hydroxylation is 1. The Labute approximate surface area is 198 Å². The van der Waals surface area contributed by atoms with E-state index in [2.05, 4.69) is 0 Å². The molecule has 168 valence electrons. The molecule has 0 bridgehead atoms. The van der Waals surface area contributed by atoms with Gasteiger partial charge in [0.15, 0.2) is 0 Å². The van der Waals surface area contributed by atoms with E-state index < -0.39 is 19.7 Å². The van der Waals surface area contributed by atoms with Gasteiger partial charge in [-0.1, -0.05) is 29.3 Å². The standard InChI is InChI=1S/C25H19ClO5S2/c1-18-2-10-22(11-3-18)32(27,28)24-14-6-20(7-15-24)31-21-8-16-25(17-9-21)33(29,30)23-12-4-19(26)5-13-23/h2-17H,1H3. The predicted octanol–water partition coefficient (Wildman–Crippen LogP) is 6.11. The summed E-state index contributed by atoms with van der Waals surface area (Å²) in [5.74, 6) is 0.838. The molecule has 4 aromatic rings. The molecule has 4 rings (SSSR count). The fourth-order valence-electron chi connectivity index (χ4n) is 3.11. The van der Waals surface area contributed by atoms with Crippen LogP contribution in [0.5, 0.6) is 11.5 Å². The number of hydrogen-bond donors (Lipinski definition) is 0. The molecular formula is C25H19ClO5S2. The molecule has 0 fully saturated rings. The molecule has 0 aromatic heterocycles. The van der Waals surface area contributed by atoms with Gasteiger partial charge in [-0.2, -0.15) is 0 Å². The first-order valence-corrected chi connectivity index (χ1v) is 13.2. The topological polar surface area (TPSA) is 77.5 Å². The highest BCUT2D eigenvalue weighted by Gasteiger charge is 2.19. The van der Waals surface area contributed by atoms with Crippen molar-refractivity contribution in [1.82, 2.24) is 0 Å². The fourth-order valence-corrected chi connectivity index (χ4v) is 5.76. The number of sulfone groups is 2. The van der Waals surface area contributed by atoms with Gasteiger partial charge < -0.3 is 4.74 Å². The maximum atomic E-state index is 12.8. The van der Waals surface area contributed by atoms with Gasteiger partial charge in [-0.3, -0.25) is 0 Å². The van der Waals surface area contributed by atoms with Crippen LogP contribution in [0.1, 0.15) is 5.56 Å². The van der Waals surface area contributed by atoms with Gasteiger partial charge in [0.1, 0.15) is 11.5 Å². The van der Waals surface area contributed by atoms with Crippen molar-refractivity contribution >= 4 is 31.3 Å². The maximum Gasteiger partial charge on any atom is 0.206 e. The van der Waals surface area contributed by atoms with Gasteiger partial charge in [0.25, 0.3) is 0 Å². The molecule has 0 saturated heterocycles. The van der Waals surface area contributed by atoms with Crippen LogP contribution >= 0.6 is 11.6 Å². The van der Waals surface area contributed by atoms with E-state index in [1.54, 1.807) is 48.5 Å². The Morgan fingerprint density at radius 2 is 0.818 bits per heavy atom. The van der Waals surface area contributed by atoms with Crippen molar-refractivity contribution in [3.63, 3.8) is 0 Å². The molecule has 0 spiro atoms. The van der Waals surface area contributed by atoms with Gasteiger partial charge in [-0.15, -0.1) is 0 Å². The molecule has 0 atom stereocenters. The summed E-state index contributed by atoms with van der Waals surface area (Å²) in [6, 6.07) is 24.7. The summed E-state index contributed by atoms with van der Waals surface area (Å²) in [5.41, 5.74) is 0.977. The molecule has 0 unspecified atom stereocenters. The summed E-state index contributed by atoms with van der Waals surface area (Å²) in [6.07, 6.45) is 0. The minimum Gasteiger partial charge on any atom is -0.457 e. The van der Waals surface area contributed by atoms with Crippen molar-refractivity contribution in [2.75, 3.05) is 0 Å². The smallest absolute Gasteiger partial charge is 0.206 e. The van der Waals surface area contributed by atoms with Crippen molar-refractivity contribution in [3.05, 3.63) is 108 Å². The van der Waals surface area contributed by atoms with Crippen LogP contribution in [0.2, 0.25) is 5.02 Å². The van der Waals surface area contributed by atoms with Gasteiger partial charge in [0.2, 0.25) is 19.7 Å². The molecule has 0 N–H and O–H groups in total. The lowest BCUT2D eigenvalue weighted by Crippen LogP contribution is -2.02. The molecule has 33 heavy (non-hydrogen) atoms. The Bertz CT molecular complexity index is 1360. The molecule has 0 amide bonds. The van der Waals surface area contributed by atoms with Gasteiger partial charge in [0, 0.05) is 5.02 Å². The zero-order valence-corrected chi connectivity index (χ0v) is 19.9. The molecule has 0 aliphatic heterocycles. The van der Waals surface area contributed by atoms with Crippen LogP contribution in [0.25, 0.3) is 0 Å². The van der Waals surface area contributed by atoms with Crippen molar-refractivity contribution in [2.45, 2.75) is 26.5 Å². The van der Waals surface area contributed by atoms with Crippen molar-refractivity contribution in [2.24, 2.45) is 0 Å². The van der Waals surface area contributed by atoms with Crippen LogP contribution in [0.3, 0.4) is 0 Å². The first-order valence-electron chi connectivity index (χ1n) is 9.87. The minimum absolute atomic E-state index is 0.122. The molecule has 8 heteroatoms. The Hall–Kier alpha value is -3.13.